The second kappa shape index (κ2) is 4.89. The molecule has 0 N–H and O–H groups in total. The fraction of sp³-hybridized carbons (Fsp3) is 0.909. The number of ether oxygens (including phenoxy) is 2. The third-order valence-electron chi connectivity index (χ3n) is 2.77. The molecule has 14 heavy (non-hydrogen) atoms. The topological polar surface area (TPSA) is 35.5 Å². The number of hydrogen-bond donors (Lipinski definition) is 0. The molecular formula is C11H20O3. The molecule has 82 valence electrons. The number of ketones is 1. The molecule has 0 aromatic heterocycles. The van der Waals surface area contributed by atoms with Gasteiger partial charge in [-0.25, -0.2) is 0 Å². The number of Topliss-reactive ketones (excluding diaryl/α,β-unsaturated/α-hetero) is 1. The average molecular weight is 200 g/mol. The number of rotatable bonds is 4. The number of hydrogen-bond acceptors (Lipinski definition) is 3. The molecule has 0 amide bonds. The van der Waals surface area contributed by atoms with Crippen molar-refractivity contribution in [2.45, 2.75) is 38.7 Å². The maximum atomic E-state index is 11.8. The van der Waals surface area contributed by atoms with Gasteiger partial charge in [-0.15, -0.1) is 0 Å². The maximum absolute atomic E-state index is 11.8. The Bertz CT molecular complexity index is 193. The van der Waals surface area contributed by atoms with Crippen LogP contribution in [0.1, 0.15) is 33.1 Å². The van der Waals surface area contributed by atoms with Crippen molar-refractivity contribution in [2.75, 3.05) is 20.3 Å². The lowest BCUT2D eigenvalue weighted by molar-refractivity contribution is -0.131. The normalized spacial score (nSPS) is 23.5. The van der Waals surface area contributed by atoms with E-state index in [1.54, 1.807) is 7.11 Å². The monoisotopic (exact) mass is 200 g/mol. The van der Waals surface area contributed by atoms with E-state index in [1.165, 1.54) is 0 Å². The van der Waals surface area contributed by atoms with Gasteiger partial charge in [-0.05, 0) is 26.7 Å². The third kappa shape index (κ3) is 3.39. The van der Waals surface area contributed by atoms with Crippen LogP contribution < -0.4 is 0 Å². The smallest absolute Gasteiger partial charge is 0.141 e. The van der Waals surface area contributed by atoms with Crippen LogP contribution in [0, 0.1) is 5.92 Å². The summed E-state index contributed by atoms with van der Waals surface area (Å²) in [5, 5.41) is 0. The van der Waals surface area contributed by atoms with Crippen molar-refractivity contribution in [1.29, 1.82) is 0 Å². The van der Waals surface area contributed by atoms with Crippen LogP contribution >= 0.6 is 0 Å². The molecule has 1 atom stereocenters. The molecule has 1 aliphatic heterocycles. The van der Waals surface area contributed by atoms with Crippen LogP contribution in [0.25, 0.3) is 0 Å². The fourth-order valence-electron chi connectivity index (χ4n) is 1.63. The SMILES string of the molecule is COC(C)(C)CC(=O)C1CCCOC1. The molecule has 3 heteroatoms. The summed E-state index contributed by atoms with van der Waals surface area (Å²) in [7, 11) is 1.64. The van der Waals surface area contributed by atoms with Crippen molar-refractivity contribution < 1.29 is 14.3 Å². The van der Waals surface area contributed by atoms with E-state index in [2.05, 4.69) is 0 Å². The summed E-state index contributed by atoms with van der Waals surface area (Å²) in [4.78, 5) is 11.8. The molecule has 0 bridgehead atoms. The van der Waals surface area contributed by atoms with Crippen LogP contribution in [0.3, 0.4) is 0 Å². The molecule has 0 spiro atoms. The van der Waals surface area contributed by atoms with E-state index in [1.807, 2.05) is 13.8 Å². The highest BCUT2D eigenvalue weighted by molar-refractivity contribution is 5.82. The van der Waals surface area contributed by atoms with E-state index in [4.69, 9.17) is 9.47 Å². The first kappa shape index (κ1) is 11.7. The molecule has 1 aliphatic rings. The molecule has 0 aliphatic carbocycles. The van der Waals surface area contributed by atoms with Crippen LogP contribution in [0.5, 0.6) is 0 Å². The Balaban J connectivity index is 2.40. The van der Waals surface area contributed by atoms with E-state index >= 15 is 0 Å². The summed E-state index contributed by atoms with van der Waals surface area (Å²) in [6.07, 6.45) is 2.46. The zero-order valence-corrected chi connectivity index (χ0v) is 9.34. The van der Waals surface area contributed by atoms with Crippen molar-refractivity contribution in [2.24, 2.45) is 5.92 Å². The Kier molecular flexibility index (Phi) is 4.08. The van der Waals surface area contributed by atoms with Gasteiger partial charge in [0.1, 0.15) is 5.78 Å². The number of carbonyl (C=O) groups excluding carboxylic acids is 1. The molecule has 1 saturated heterocycles. The van der Waals surface area contributed by atoms with Crippen molar-refractivity contribution >= 4 is 5.78 Å². The minimum atomic E-state index is -0.339. The van der Waals surface area contributed by atoms with Gasteiger partial charge in [0.25, 0.3) is 0 Å². The largest absolute Gasteiger partial charge is 0.381 e. The summed E-state index contributed by atoms with van der Waals surface area (Å²) in [6.45, 7) is 5.28. The van der Waals surface area contributed by atoms with E-state index in [0.29, 0.717) is 13.0 Å². The van der Waals surface area contributed by atoms with Gasteiger partial charge in [0, 0.05) is 26.1 Å². The lowest BCUT2D eigenvalue weighted by atomic mass is 9.90. The van der Waals surface area contributed by atoms with Crippen LogP contribution in [0.2, 0.25) is 0 Å². The highest BCUT2D eigenvalue weighted by Crippen LogP contribution is 2.21. The van der Waals surface area contributed by atoms with Gasteiger partial charge >= 0.3 is 0 Å². The molecule has 3 nitrogen and oxygen atoms in total. The van der Waals surface area contributed by atoms with Crippen LogP contribution in [-0.2, 0) is 14.3 Å². The average Bonchev–Trinajstić information content (AvgIpc) is 2.19. The summed E-state index contributed by atoms with van der Waals surface area (Å²) < 4.78 is 10.5. The van der Waals surface area contributed by atoms with E-state index in [0.717, 1.165) is 19.4 Å². The Morgan fingerprint density at radius 2 is 2.29 bits per heavy atom. The molecule has 0 aromatic rings. The van der Waals surface area contributed by atoms with Crippen molar-refractivity contribution in [1.82, 2.24) is 0 Å². The summed E-state index contributed by atoms with van der Waals surface area (Å²) in [5.74, 6) is 0.370. The second-order valence-corrected chi connectivity index (χ2v) is 4.52. The summed E-state index contributed by atoms with van der Waals surface area (Å²) >= 11 is 0. The Hall–Kier alpha value is -0.410. The molecule has 1 unspecified atom stereocenters. The lowest BCUT2D eigenvalue weighted by Crippen LogP contribution is -2.33. The number of methoxy groups -OCH3 is 1. The zero-order valence-electron chi connectivity index (χ0n) is 9.34. The van der Waals surface area contributed by atoms with Crippen LogP contribution in [0.4, 0.5) is 0 Å². The lowest BCUT2D eigenvalue weighted by Gasteiger charge is -2.26. The van der Waals surface area contributed by atoms with Gasteiger partial charge in [0.05, 0.1) is 12.2 Å². The minimum absolute atomic E-state index is 0.0955. The van der Waals surface area contributed by atoms with Crippen molar-refractivity contribution in [3.8, 4) is 0 Å². The fourth-order valence-corrected chi connectivity index (χ4v) is 1.63. The molecule has 0 saturated carbocycles. The molecule has 0 aromatic carbocycles. The van der Waals surface area contributed by atoms with Crippen LogP contribution in [0.15, 0.2) is 0 Å². The quantitative estimate of drug-likeness (QED) is 0.694. The van der Waals surface area contributed by atoms with E-state index in [-0.39, 0.29) is 17.3 Å². The van der Waals surface area contributed by atoms with Crippen LogP contribution in [-0.4, -0.2) is 31.7 Å². The highest BCUT2D eigenvalue weighted by atomic mass is 16.5. The van der Waals surface area contributed by atoms with Gasteiger partial charge in [0.2, 0.25) is 0 Å². The van der Waals surface area contributed by atoms with E-state index in [9.17, 15) is 4.79 Å². The number of carbonyl (C=O) groups is 1. The van der Waals surface area contributed by atoms with Gasteiger partial charge in [0.15, 0.2) is 0 Å². The standard InChI is InChI=1S/C11H20O3/c1-11(2,13-3)7-10(12)9-5-4-6-14-8-9/h9H,4-8H2,1-3H3. The van der Waals surface area contributed by atoms with E-state index < -0.39 is 0 Å². The van der Waals surface area contributed by atoms with Gasteiger partial charge in [-0.1, -0.05) is 0 Å². The molecule has 1 heterocycles. The first-order chi connectivity index (χ1) is 6.55. The van der Waals surface area contributed by atoms with Gasteiger partial charge in [-0.2, -0.15) is 0 Å². The minimum Gasteiger partial charge on any atom is -0.381 e. The molecular weight excluding hydrogens is 180 g/mol. The Morgan fingerprint density at radius 3 is 2.79 bits per heavy atom. The first-order valence-corrected chi connectivity index (χ1v) is 5.21. The zero-order chi connectivity index (χ0) is 10.6. The predicted molar refractivity (Wildman–Crippen MR) is 54.3 cm³/mol. The highest BCUT2D eigenvalue weighted by Gasteiger charge is 2.28. The predicted octanol–water partition coefficient (Wildman–Crippen LogP) is 1.80. The maximum Gasteiger partial charge on any atom is 0.141 e. The third-order valence-corrected chi connectivity index (χ3v) is 2.77. The Labute approximate surface area is 85.8 Å². The van der Waals surface area contributed by atoms with Crippen molar-refractivity contribution in [3.63, 3.8) is 0 Å². The van der Waals surface area contributed by atoms with Gasteiger partial charge < -0.3 is 9.47 Å². The first-order valence-electron chi connectivity index (χ1n) is 5.21. The molecule has 0 radical (unpaired) electrons. The van der Waals surface area contributed by atoms with Crippen molar-refractivity contribution in [3.05, 3.63) is 0 Å². The molecule has 1 rings (SSSR count). The second-order valence-electron chi connectivity index (χ2n) is 4.52. The Morgan fingerprint density at radius 1 is 1.57 bits per heavy atom. The van der Waals surface area contributed by atoms with Gasteiger partial charge in [-0.3, -0.25) is 4.79 Å². The summed E-state index contributed by atoms with van der Waals surface area (Å²) in [6, 6.07) is 0. The molecule has 1 fully saturated rings. The summed E-state index contributed by atoms with van der Waals surface area (Å²) in [5.41, 5.74) is -0.339.